The average Bonchev–Trinajstić information content (AvgIpc) is 4.09. The van der Waals surface area contributed by atoms with Crippen LogP contribution in [0.4, 0.5) is 13.2 Å². The van der Waals surface area contributed by atoms with Crippen LogP contribution in [0.5, 0.6) is 0 Å². The van der Waals surface area contributed by atoms with E-state index in [0.717, 1.165) is 73.4 Å². The maximum absolute atomic E-state index is 14.3. The van der Waals surface area contributed by atoms with Gasteiger partial charge in [-0.2, -0.15) is 23.5 Å². The minimum absolute atomic E-state index is 0.0530. The third-order valence-electron chi connectivity index (χ3n) is 16.7. The van der Waals surface area contributed by atoms with Crippen molar-refractivity contribution in [2.24, 2.45) is 46.5 Å². The molecule has 424 valence electrons. The zero-order valence-corrected chi connectivity index (χ0v) is 47.5. The Morgan fingerprint density at radius 2 is 1.54 bits per heavy atom. The van der Waals surface area contributed by atoms with Gasteiger partial charge in [0.2, 0.25) is 5.91 Å². The molecule has 0 radical (unpaired) electrons. The van der Waals surface area contributed by atoms with Crippen molar-refractivity contribution in [3.05, 3.63) is 108 Å². The normalized spacial score (nSPS) is 22.2. The monoisotopic (exact) mass is 1080 g/mol. The first kappa shape index (κ1) is 61.4. The summed E-state index contributed by atoms with van der Waals surface area (Å²) in [6, 6.07) is 12.3. The molecule has 3 aliphatic rings. The van der Waals surface area contributed by atoms with Gasteiger partial charge in [-0.3, -0.25) is 23.6 Å². The van der Waals surface area contributed by atoms with Gasteiger partial charge in [0.1, 0.15) is 6.07 Å². The third-order valence-corrected chi connectivity index (χ3v) is 16.7. The maximum atomic E-state index is 14.3. The van der Waals surface area contributed by atoms with Gasteiger partial charge in [0.15, 0.2) is 11.4 Å². The van der Waals surface area contributed by atoms with Crippen LogP contribution in [-0.4, -0.2) is 97.9 Å². The number of allylic oxidation sites excluding steroid dienone is 6. The molecule has 0 spiro atoms. The van der Waals surface area contributed by atoms with Crippen molar-refractivity contribution in [1.82, 2.24) is 25.0 Å². The first-order valence-electron chi connectivity index (χ1n) is 27.8. The van der Waals surface area contributed by atoms with Gasteiger partial charge in [-0.1, -0.05) is 97.8 Å². The first-order valence-corrected chi connectivity index (χ1v) is 27.8. The van der Waals surface area contributed by atoms with Crippen LogP contribution >= 0.6 is 0 Å². The topological polar surface area (TPSA) is 159 Å². The Hall–Kier alpha value is -5.86. The Kier molecular flexibility index (Phi) is 20.8. The van der Waals surface area contributed by atoms with Gasteiger partial charge in [-0.05, 0) is 111 Å². The van der Waals surface area contributed by atoms with Gasteiger partial charge < -0.3 is 29.6 Å². The molecule has 3 aliphatic carbocycles. The van der Waals surface area contributed by atoms with E-state index in [1.54, 1.807) is 34.5 Å². The molecule has 2 N–H and O–H groups in total. The number of fused-ring (bicyclic) bond motifs is 4. The molecule has 5 atom stereocenters. The molecule has 0 aliphatic heterocycles. The smallest absolute Gasteiger partial charge is 0.377 e. The highest BCUT2D eigenvalue weighted by molar-refractivity contribution is 6.10. The van der Waals surface area contributed by atoms with Gasteiger partial charge in [0.25, 0.3) is 5.91 Å². The Morgan fingerprint density at radius 1 is 0.923 bits per heavy atom. The Bertz CT molecular complexity index is 2870. The molecule has 7 rings (SSSR count). The fraction of sp³-hybridized carbons (Fsp3) is 0.565. The van der Waals surface area contributed by atoms with E-state index >= 15 is 0 Å². The summed E-state index contributed by atoms with van der Waals surface area (Å²) in [5.74, 6) is 0.100. The zero-order chi connectivity index (χ0) is 57.1. The van der Waals surface area contributed by atoms with E-state index in [1.165, 1.54) is 17.7 Å². The summed E-state index contributed by atoms with van der Waals surface area (Å²) in [7, 11) is 1.76. The van der Waals surface area contributed by atoms with Crippen molar-refractivity contribution in [3.8, 4) is 11.8 Å². The number of hydrogen-bond donors (Lipinski definition) is 2. The number of Topliss-reactive ketones (excluding diaryl/α,β-unsaturated/α-hetero) is 1. The van der Waals surface area contributed by atoms with Crippen LogP contribution in [0.2, 0.25) is 0 Å². The van der Waals surface area contributed by atoms with Gasteiger partial charge in [0, 0.05) is 64.6 Å². The van der Waals surface area contributed by atoms with E-state index in [0.29, 0.717) is 87.5 Å². The zero-order valence-electron chi connectivity index (χ0n) is 47.5. The number of aromatic nitrogens is 3. The van der Waals surface area contributed by atoms with E-state index in [4.69, 9.17) is 18.9 Å². The number of aryl methyl sites for hydroxylation is 1. The standard InChI is InChI=1S/C60H77F3N6O7.C2H6/c1-10-12-51-57(6,7)52(70)43(38-64)36-58(51,8)45-33-40(3)48-37-59(20-19-41(48)34-45,22-21-56(4,5)11-2)55(72)66-24-26-74-28-30-76-32-31-75-29-27-73-25-23-65-54(71)42-13-18-50-47(35-42)49-39-68(9)67-53(49)69(50)46-16-14-44(15-17-46)60(61,62)63;1-2/h10,13-18,33,35-36,39,41,48,51H,1,3,11-12,19-32,34,37H2,2,4-9H3,(H,65,71)(H,66,72);1-2H3. The number of halogens is 3. The summed E-state index contributed by atoms with van der Waals surface area (Å²) in [4.78, 5) is 40.8. The van der Waals surface area contributed by atoms with Crippen LogP contribution in [0.25, 0.3) is 27.6 Å². The molecule has 4 aromatic rings. The molecule has 2 aromatic carbocycles. The van der Waals surface area contributed by atoms with E-state index < -0.39 is 28.0 Å². The average molecular weight is 1080 g/mol. The SMILES string of the molecule is C=CCC1C(C)(C)C(=O)C(C#N)=CC1(C)C1=CC(=C)C2CC(CCC(C)(C)CC)(C(=O)NCCOCCOCCOCCOCCNC(=O)c3ccc4c(c3)c3cn(C)nc3n4-c3ccc(C(F)(F)F)cc3)CCC2C1.CC. The largest absolute Gasteiger partial charge is 0.416 e. The summed E-state index contributed by atoms with van der Waals surface area (Å²) >= 11 is 0. The highest BCUT2D eigenvalue weighted by Crippen LogP contribution is 2.59. The van der Waals surface area contributed by atoms with Gasteiger partial charge >= 0.3 is 6.18 Å². The van der Waals surface area contributed by atoms with E-state index in [-0.39, 0.29) is 53.6 Å². The van der Waals surface area contributed by atoms with Crippen molar-refractivity contribution < 1.29 is 46.5 Å². The minimum Gasteiger partial charge on any atom is -0.377 e. The molecule has 1 saturated carbocycles. The number of rotatable bonds is 25. The summed E-state index contributed by atoms with van der Waals surface area (Å²) in [6.45, 7) is 29.0. The lowest BCUT2D eigenvalue weighted by molar-refractivity contribution is -0.137. The maximum Gasteiger partial charge on any atom is 0.416 e. The lowest BCUT2D eigenvalue weighted by atomic mass is 9.50. The van der Waals surface area contributed by atoms with Crippen LogP contribution in [0.1, 0.15) is 123 Å². The predicted octanol–water partition coefficient (Wildman–Crippen LogP) is 12.2. The predicted molar refractivity (Wildman–Crippen MR) is 300 cm³/mol. The van der Waals surface area contributed by atoms with E-state index in [2.05, 4.69) is 68.7 Å². The molecular formula is C62H83F3N6O7. The number of carbonyl (C=O) groups is 3. The number of ketones is 1. The highest BCUT2D eigenvalue weighted by Gasteiger charge is 2.54. The van der Waals surface area contributed by atoms with E-state index in [9.17, 15) is 32.8 Å². The lowest BCUT2D eigenvalue weighted by Crippen LogP contribution is -2.50. The summed E-state index contributed by atoms with van der Waals surface area (Å²) in [6.07, 6.45) is 10.0. The Balaban J connectivity index is 0.00000486. The van der Waals surface area contributed by atoms with Crippen LogP contribution in [-0.2, 0) is 41.8 Å². The number of ether oxygens (including phenoxy) is 4. The molecule has 16 heteroatoms. The molecule has 2 heterocycles. The van der Waals surface area contributed by atoms with Crippen molar-refractivity contribution >= 4 is 39.5 Å². The summed E-state index contributed by atoms with van der Waals surface area (Å²) < 4.78 is 65.9. The third kappa shape index (κ3) is 13.9. The van der Waals surface area contributed by atoms with Crippen LogP contribution in [0, 0.1) is 50.7 Å². The number of carbonyl (C=O) groups excluding carboxylic acids is 3. The molecule has 1 fully saturated rings. The second kappa shape index (κ2) is 26.4. The second-order valence-corrected chi connectivity index (χ2v) is 22.5. The molecule has 0 bridgehead atoms. The summed E-state index contributed by atoms with van der Waals surface area (Å²) in [5.41, 5.74) is 2.30. The van der Waals surface area contributed by atoms with Gasteiger partial charge in [0.05, 0.1) is 69.5 Å². The van der Waals surface area contributed by atoms with E-state index in [1.807, 2.05) is 46.0 Å². The Morgan fingerprint density at radius 3 is 2.13 bits per heavy atom. The molecule has 78 heavy (non-hydrogen) atoms. The number of amides is 2. The summed E-state index contributed by atoms with van der Waals surface area (Å²) in [5, 5.41) is 22.2. The molecule has 0 saturated heterocycles. The lowest BCUT2D eigenvalue weighted by Gasteiger charge is -2.52. The number of alkyl halides is 3. The fourth-order valence-corrected chi connectivity index (χ4v) is 11.8. The number of nitrogens with one attached hydrogen (secondary N) is 2. The van der Waals surface area contributed by atoms with Gasteiger partial charge in [-0.25, -0.2) is 0 Å². The molecule has 13 nitrogen and oxygen atoms in total. The minimum atomic E-state index is -4.45. The number of nitrogens with zero attached hydrogens (tertiary/aromatic N) is 4. The van der Waals surface area contributed by atoms with Crippen molar-refractivity contribution in [2.75, 3.05) is 65.9 Å². The molecule has 5 unspecified atom stereocenters. The second-order valence-electron chi connectivity index (χ2n) is 22.5. The number of benzene rings is 2. The van der Waals surface area contributed by atoms with Crippen LogP contribution in [0.15, 0.2) is 96.8 Å². The molecular weight excluding hydrogens is 998 g/mol. The van der Waals surface area contributed by atoms with Gasteiger partial charge in [-0.15, -0.1) is 6.58 Å². The van der Waals surface area contributed by atoms with Crippen LogP contribution < -0.4 is 10.6 Å². The highest BCUT2D eigenvalue weighted by atomic mass is 19.4. The van der Waals surface area contributed by atoms with Crippen LogP contribution in [0.3, 0.4) is 0 Å². The number of nitriles is 1. The Labute approximate surface area is 459 Å². The number of hydrogen-bond acceptors (Lipinski definition) is 9. The first-order chi connectivity index (χ1) is 37.1. The fourth-order valence-electron chi connectivity index (χ4n) is 11.8. The van der Waals surface area contributed by atoms with Crippen molar-refractivity contribution in [1.29, 1.82) is 5.26 Å². The molecule has 2 amide bonds. The van der Waals surface area contributed by atoms with Crippen molar-refractivity contribution in [3.63, 3.8) is 0 Å². The quantitative estimate of drug-likeness (QED) is 0.0487. The molecule has 2 aromatic heterocycles. The van der Waals surface area contributed by atoms with Crippen molar-refractivity contribution in [2.45, 2.75) is 113 Å².